The highest BCUT2D eigenvalue weighted by Crippen LogP contribution is 2.63. The molecule has 2 amide bonds. The Bertz CT molecular complexity index is 854. The number of rotatable bonds is 5. The minimum absolute atomic E-state index is 0.110. The second-order valence-corrected chi connectivity index (χ2v) is 11.2. The number of fused-ring (bicyclic) bond motifs is 1. The van der Waals surface area contributed by atoms with E-state index in [0.717, 1.165) is 56.6 Å². The molecule has 5 saturated carbocycles. The van der Waals surface area contributed by atoms with Gasteiger partial charge in [-0.05, 0) is 80.1 Å². The van der Waals surface area contributed by atoms with Gasteiger partial charge in [-0.25, -0.2) is 0 Å². The van der Waals surface area contributed by atoms with Gasteiger partial charge in [-0.1, -0.05) is 30.3 Å². The SMILES string of the molecule is N[C@H](C(=O)N1CC[C@@H]2C[C@@H]21)C12CC3CC(CC(NC(=O)Cc4ccccc4)(C3)C1)C2. The maximum absolute atomic E-state index is 13.4. The average molecular weight is 408 g/mol. The fourth-order valence-corrected chi connectivity index (χ4v) is 8.07. The summed E-state index contributed by atoms with van der Waals surface area (Å²) in [4.78, 5) is 28.4. The van der Waals surface area contributed by atoms with Gasteiger partial charge in [0.15, 0.2) is 0 Å². The van der Waals surface area contributed by atoms with Crippen molar-refractivity contribution in [1.29, 1.82) is 0 Å². The monoisotopic (exact) mass is 407 g/mol. The molecule has 1 aliphatic heterocycles. The van der Waals surface area contributed by atoms with Gasteiger partial charge in [0.25, 0.3) is 0 Å². The Balaban J connectivity index is 1.21. The van der Waals surface area contributed by atoms with Crippen LogP contribution in [0.3, 0.4) is 0 Å². The van der Waals surface area contributed by atoms with Crippen LogP contribution in [0.5, 0.6) is 0 Å². The Morgan fingerprint density at radius 1 is 1.10 bits per heavy atom. The average Bonchev–Trinajstić information content (AvgIpc) is 3.35. The van der Waals surface area contributed by atoms with Gasteiger partial charge in [0, 0.05) is 18.1 Å². The highest BCUT2D eigenvalue weighted by Gasteiger charge is 2.62. The molecule has 0 radical (unpaired) electrons. The Hall–Kier alpha value is -1.88. The van der Waals surface area contributed by atoms with Crippen LogP contribution in [-0.2, 0) is 16.0 Å². The zero-order valence-electron chi connectivity index (χ0n) is 17.7. The van der Waals surface area contributed by atoms with Crippen LogP contribution >= 0.6 is 0 Å². The molecule has 30 heavy (non-hydrogen) atoms. The van der Waals surface area contributed by atoms with Gasteiger partial charge in [0.1, 0.15) is 0 Å². The number of carbonyl (C=O) groups excluding carboxylic acids is 2. The van der Waals surface area contributed by atoms with Crippen LogP contribution in [0.4, 0.5) is 0 Å². The standard InChI is InChI=1S/C25H33N3O2/c26-22(23(30)28-7-6-19-10-20(19)28)24-11-17-8-18(12-24)14-25(13-17,15-24)27-21(29)9-16-4-2-1-3-5-16/h1-5,17-20,22H,6-15,26H2,(H,27,29)/t17?,18?,19-,20+,22-,24?,25?/m1/s1. The summed E-state index contributed by atoms with van der Waals surface area (Å²) in [6, 6.07) is 10.0. The van der Waals surface area contributed by atoms with Crippen molar-refractivity contribution in [3.8, 4) is 0 Å². The zero-order valence-corrected chi connectivity index (χ0v) is 17.7. The molecule has 0 aromatic heterocycles. The van der Waals surface area contributed by atoms with Gasteiger partial charge in [-0.2, -0.15) is 0 Å². The van der Waals surface area contributed by atoms with Gasteiger partial charge in [0.2, 0.25) is 11.8 Å². The fraction of sp³-hybridized carbons (Fsp3) is 0.680. The lowest BCUT2D eigenvalue weighted by atomic mass is 9.45. The number of benzene rings is 1. The van der Waals surface area contributed by atoms with E-state index < -0.39 is 6.04 Å². The molecular weight excluding hydrogens is 374 g/mol. The molecule has 5 heteroatoms. The summed E-state index contributed by atoms with van der Waals surface area (Å²) in [5.74, 6) is 2.22. The largest absolute Gasteiger partial charge is 0.350 e. The Morgan fingerprint density at radius 2 is 1.83 bits per heavy atom. The van der Waals surface area contributed by atoms with Crippen LogP contribution in [-0.4, -0.2) is 40.9 Å². The number of nitrogens with two attached hydrogens (primary N) is 1. The third kappa shape index (κ3) is 3.00. The van der Waals surface area contributed by atoms with E-state index in [2.05, 4.69) is 10.2 Å². The summed E-state index contributed by atoms with van der Waals surface area (Å²) in [5.41, 5.74) is 7.54. The van der Waals surface area contributed by atoms with Gasteiger partial charge >= 0.3 is 0 Å². The maximum Gasteiger partial charge on any atom is 0.240 e. The maximum atomic E-state index is 13.4. The van der Waals surface area contributed by atoms with Crippen molar-refractivity contribution < 1.29 is 9.59 Å². The Morgan fingerprint density at radius 3 is 2.47 bits per heavy atom. The summed E-state index contributed by atoms with van der Waals surface area (Å²) in [6.07, 6.45) is 9.12. The number of hydrogen-bond donors (Lipinski definition) is 2. The summed E-state index contributed by atoms with van der Waals surface area (Å²) >= 11 is 0. The van der Waals surface area contributed by atoms with E-state index in [1.165, 1.54) is 12.8 Å². The molecule has 6 fully saturated rings. The van der Waals surface area contributed by atoms with E-state index in [1.807, 2.05) is 30.3 Å². The Labute approximate surface area is 178 Å². The number of amides is 2. The van der Waals surface area contributed by atoms with Crippen molar-refractivity contribution in [3.63, 3.8) is 0 Å². The molecule has 0 spiro atoms. The van der Waals surface area contributed by atoms with E-state index in [-0.39, 0.29) is 22.8 Å². The molecule has 4 bridgehead atoms. The van der Waals surface area contributed by atoms with E-state index in [1.54, 1.807) is 0 Å². The molecular formula is C25H33N3O2. The van der Waals surface area contributed by atoms with Crippen molar-refractivity contribution in [2.24, 2.45) is 28.9 Å². The van der Waals surface area contributed by atoms with E-state index in [0.29, 0.717) is 24.3 Å². The van der Waals surface area contributed by atoms with E-state index in [4.69, 9.17) is 5.73 Å². The van der Waals surface area contributed by atoms with Gasteiger partial charge in [0.05, 0.1) is 12.5 Å². The van der Waals surface area contributed by atoms with Gasteiger partial charge < -0.3 is 16.0 Å². The molecule has 1 aromatic carbocycles. The van der Waals surface area contributed by atoms with Crippen LogP contribution < -0.4 is 11.1 Å². The quantitative estimate of drug-likeness (QED) is 0.788. The normalized spacial score (nSPS) is 41.4. The number of hydrogen-bond acceptors (Lipinski definition) is 3. The molecule has 7 rings (SSSR count). The second kappa shape index (κ2) is 6.56. The molecule has 3 N–H and O–H groups in total. The molecule has 6 aliphatic rings. The predicted octanol–water partition coefficient (Wildman–Crippen LogP) is 2.63. The van der Waals surface area contributed by atoms with Gasteiger partial charge in [-0.3, -0.25) is 9.59 Å². The van der Waals surface area contributed by atoms with Crippen LogP contribution in [0.2, 0.25) is 0 Å². The highest BCUT2D eigenvalue weighted by molar-refractivity contribution is 5.84. The number of nitrogens with zero attached hydrogens (tertiary/aromatic N) is 1. The van der Waals surface area contributed by atoms with Crippen LogP contribution in [0.1, 0.15) is 56.9 Å². The molecule has 5 aliphatic carbocycles. The highest BCUT2D eigenvalue weighted by atomic mass is 16.2. The summed E-state index contributed by atoms with van der Waals surface area (Å²) < 4.78 is 0. The van der Waals surface area contributed by atoms with E-state index in [9.17, 15) is 9.59 Å². The van der Waals surface area contributed by atoms with Gasteiger partial charge in [-0.15, -0.1) is 0 Å². The molecule has 5 nitrogen and oxygen atoms in total. The fourth-order valence-electron chi connectivity index (χ4n) is 8.07. The molecule has 1 saturated heterocycles. The van der Waals surface area contributed by atoms with Crippen molar-refractivity contribution in [3.05, 3.63) is 35.9 Å². The lowest BCUT2D eigenvalue weighted by Crippen LogP contribution is -2.68. The minimum Gasteiger partial charge on any atom is -0.350 e. The minimum atomic E-state index is -0.409. The lowest BCUT2D eigenvalue weighted by Gasteiger charge is -2.63. The molecule has 1 aromatic rings. The molecule has 160 valence electrons. The molecule has 5 atom stereocenters. The van der Waals surface area contributed by atoms with E-state index >= 15 is 0 Å². The van der Waals surface area contributed by atoms with Crippen molar-refractivity contribution in [2.75, 3.05) is 6.54 Å². The number of likely N-dealkylation sites (tertiary alicyclic amines) is 1. The first-order chi connectivity index (χ1) is 14.5. The molecule has 1 heterocycles. The predicted molar refractivity (Wildman–Crippen MR) is 114 cm³/mol. The third-order valence-corrected chi connectivity index (χ3v) is 8.95. The Kier molecular flexibility index (Phi) is 4.12. The number of piperidine rings is 1. The third-order valence-electron chi connectivity index (χ3n) is 8.95. The number of carbonyl (C=O) groups is 2. The first-order valence-electron chi connectivity index (χ1n) is 11.9. The van der Waals surface area contributed by atoms with Crippen molar-refractivity contribution in [1.82, 2.24) is 10.2 Å². The van der Waals surface area contributed by atoms with Crippen LogP contribution in [0.25, 0.3) is 0 Å². The first kappa shape index (κ1) is 18.9. The number of nitrogens with one attached hydrogen (secondary N) is 1. The summed E-state index contributed by atoms with van der Waals surface area (Å²) in [7, 11) is 0. The summed E-state index contributed by atoms with van der Waals surface area (Å²) in [6.45, 7) is 0.893. The van der Waals surface area contributed by atoms with Crippen molar-refractivity contribution >= 4 is 11.8 Å². The first-order valence-corrected chi connectivity index (χ1v) is 11.9. The second-order valence-electron chi connectivity index (χ2n) is 11.2. The van der Waals surface area contributed by atoms with Crippen LogP contribution in [0, 0.1) is 23.2 Å². The van der Waals surface area contributed by atoms with Crippen LogP contribution in [0.15, 0.2) is 30.3 Å². The smallest absolute Gasteiger partial charge is 0.240 e. The summed E-state index contributed by atoms with van der Waals surface area (Å²) in [5, 5.41) is 3.46. The van der Waals surface area contributed by atoms with Crippen molar-refractivity contribution in [2.45, 2.75) is 75.4 Å². The molecule has 2 unspecified atom stereocenters. The lowest BCUT2D eigenvalue weighted by molar-refractivity contribution is -0.147. The topological polar surface area (TPSA) is 75.4 Å². The zero-order chi connectivity index (χ0) is 20.5.